The van der Waals surface area contributed by atoms with E-state index < -0.39 is 23.3 Å². The Hall–Kier alpha value is -1.49. The average Bonchev–Trinajstić information content (AvgIpc) is 2.58. The van der Waals surface area contributed by atoms with Crippen LogP contribution in [-0.2, 0) is 4.79 Å². The maximum absolute atomic E-state index is 11.7. The number of carboxylic acid groups (broad SMARTS) is 1. The first kappa shape index (κ1) is 13.6. The van der Waals surface area contributed by atoms with E-state index in [2.05, 4.69) is 5.32 Å². The van der Waals surface area contributed by atoms with Crippen molar-refractivity contribution in [1.29, 1.82) is 0 Å². The summed E-state index contributed by atoms with van der Waals surface area (Å²) in [5.41, 5.74) is -0.599. The fraction of sp³-hybridized carbons (Fsp3) is 0.455. The van der Waals surface area contributed by atoms with Crippen molar-refractivity contribution in [3.8, 4) is 0 Å². The Kier molecular flexibility index (Phi) is 3.83. The summed E-state index contributed by atoms with van der Waals surface area (Å²) in [5.74, 6) is -1.70. The van der Waals surface area contributed by atoms with E-state index in [1.165, 1.54) is 12.1 Å². The first-order chi connectivity index (χ1) is 7.71. The third-order valence-corrected chi connectivity index (χ3v) is 2.39. The molecule has 94 valence electrons. The van der Waals surface area contributed by atoms with Gasteiger partial charge in [-0.25, -0.2) is 4.79 Å². The first-order valence-electron chi connectivity index (χ1n) is 5.01. The van der Waals surface area contributed by atoms with Crippen molar-refractivity contribution in [3.63, 3.8) is 0 Å². The summed E-state index contributed by atoms with van der Waals surface area (Å²) < 4.78 is 4.90. The lowest BCUT2D eigenvalue weighted by Crippen LogP contribution is -2.49. The molecule has 1 amide bonds. The molecule has 1 heterocycles. The van der Waals surface area contributed by atoms with Gasteiger partial charge in [0.05, 0.1) is 0 Å². The second kappa shape index (κ2) is 4.79. The number of carbonyl (C=O) groups excluding carboxylic acids is 1. The zero-order valence-electron chi connectivity index (χ0n) is 9.78. The Balaban J connectivity index is 2.82. The van der Waals surface area contributed by atoms with Crippen LogP contribution < -0.4 is 5.32 Å². The predicted molar refractivity (Wildman–Crippen MR) is 62.1 cm³/mol. The fourth-order valence-corrected chi connectivity index (χ4v) is 1.43. The van der Waals surface area contributed by atoms with E-state index in [4.69, 9.17) is 21.1 Å². The number of nitrogens with one attached hydrogen (secondary N) is 1. The molecule has 0 aliphatic heterocycles. The number of halogens is 1. The molecule has 1 aromatic heterocycles. The molecule has 0 saturated carbocycles. The molecular weight excluding hydrogens is 246 g/mol. The summed E-state index contributed by atoms with van der Waals surface area (Å²) in [5, 5.41) is 11.5. The van der Waals surface area contributed by atoms with E-state index in [0.29, 0.717) is 0 Å². The Morgan fingerprint density at radius 1 is 1.41 bits per heavy atom. The van der Waals surface area contributed by atoms with Crippen LogP contribution in [0.2, 0.25) is 5.22 Å². The molecule has 1 rings (SSSR count). The van der Waals surface area contributed by atoms with Crippen LogP contribution in [-0.4, -0.2) is 23.0 Å². The highest BCUT2D eigenvalue weighted by Crippen LogP contribution is 2.20. The second-order valence-electron chi connectivity index (χ2n) is 4.71. The first-order valence-corrected chi connectivity index (χ1v) is 5.38. The zero-order chi connectivity index (χ0) is 13.2. The number of aliphatic carboxylic acids is 1. The Morgan fingerprint density at radius 3 is 2.35 bits per heavy atom. The predicted octanol–water partition coefficient (Wildman–Crippen LogP) is 2.16. The molecule has 0 aromatic carbocycles. The number of hydrogen-bond acceptors (Lipinski definition) is 3. The van der Waals surface area contributed by atoms with Crippen LogP contribution in [0.1, 0.15) is 31.3 Å². The van der Waals surface area contributed by atoms with E-state index in [1.807, 2.05) is 0 Å². The lowest BCUT2D eigenvalue weighted by molar-refractivity contribution is -0.142. The summed E-state index contributed by atoms with van der Waals surface area (Å²) in [6, 6.07) is 1.81. The molecule has 0 spiro atoms. The van der Waals surface area contributed by atoms with Gasteiger partial charge in [-0.2, -0.15) is 0 Å². The standard InChI is InChI=1S/C11H14ClNO4/c1-11(2,3)8(10(15)16)13-9(14)6-4-5-7(12)17-6/h4-5,8H,1-3H3,(H,13,14)(H,15,16)/t8-/m0/s1. The topological polar surface area (TPSA) is 79.5 Å². The monoisotopic (exact) mass is 259 g/mol. The smallest absolute Gasteiger partial charge is 0.326 e. The summed E-state index contributed by atoms with van der Waals surface area (Å²) in [6.07, 6.45) is 0. The molecule has 0 radical (unpaired) electrons. The van der Waals surface area contributed by atoms with Gasteiger partial charge in [0, 0.05) is 0 Å². The molecular formula is C11H14ClNO4. The summed E-state index contributed by atoms with van der Waals surface area (Å²) in [6.45, 7) is 5.17. The van der Waals surface area contributed by atoms with Crippen LogP contribution in [0.3, 0.4) is 0 Å². The van der Waals surface area contributed by atoms with Gasteiger partial charge < -0.3 is 14.8 Å². The number of hydrogen-bond donors (Lipinski definition) is 2. The molecule has 6 heteroatoms. The largest absolute Gasteiger partial charge is 0.480 e. The molecule has 0 saturated heterocycles. The van der Waals surface area contributed by atoms with Crippen molar-refractivity contribution in [1.82, 2.24) is 5.32 Å². The molecule has 17 heavy (non-hydrogen) atoms. The molecule has 0 bridgehead atoms. The van der Waals surface area contributed by atoms with E-state index >= 15 is 0 Å². The van der Waals surface area contributed by atoms with E-state index in [-0.39, 0.29) is 11.0 Å². The quantitative estimate of drug-likeness (QED) is 0.872. The van der Waals surface area contributed by atoms with Crippen molar-refractivity contribution in [3.05, 3.63) is 23.1 Å². The average molecular weight is 260 g/mol. The Morgan fingerprint density at radius 2 is 2.00 bits per heavy atom. The van der Waals surface area contributed by atoms with Crippen molar-refractivity contribution >= 4 is 23.5 Å². The number of rotatable bonds is 3. The van der Waals surface area contributed by atoms with E-state index in [9.17, 15) is 9.59 Å². The lowest BCUT2D eigenvalue weighted by Gasteiger charge is -2.27. The molecule has 2 N–H and O–H groups in total. The molecule has 1 aromatic rings. The summed E-state index contributed by atoms with van der Waals surface area (Å²) >= 11 is 5.53. The Bertz CT molecular complexity index is 433. The molecule has 0 unspecified atom stereocenters. The molecule has 5 nitrogen and oxygen atoms in total. The van der Waals surface area contributed by atoms with Gasteiger partial charge in [0.2, 0.25) is 0 Å². The van der Waals surface area contributed by atoms with Crippen LogP contribution >= 0.6 is 11.6 Å². The van der Waals surface area contributed by atoms with Gasteiger partial charge in [0.15, 0.2) is 11.0 Å². The maximum atomic E-state index is 11.7. The van der Waals surface area contributed by atoms with Crippen molar-refractivity contribution in [2.24, 2.45) is 5.41 Å². The number of furan rings is 1. The maximum Gasteiger partial charge on any atom is 0.326 e. The van der Waals surface area contributed by atoms with Gasteiger partial charge in [-0.1, -0.05) is 20.8 Å². The molecule has 0 fully saturated rings. The second-order valence-corrected chi connectivity index (χ2v) is 5.09. The van der Waals surface area contributed by atoms with Crippen LogP contribution in [0.4, 0.5) is 0 Å². The van der Waals surface area contributed by atoms with E-state index in [0.717, 1.165) is 0 Å². The van der Waals surface area contributed by atoms with Gasteiger partial charge in [-0.15, -0.1) is 0 Å². The highest BCUT2D eigenvalue weighted by molar-refractivity contribution is 6.29. The normalized spacial score (nSPS) is 13.2. The van der Waals surface area contributed by atoms with Gasteiger partial charge in [-0.05, 0) is 29.1 Å². The van der Waals surface area contributed by atoms with Crippen molar-refractivity contribution < 1.29 is 19.1 Å². The van der Waals surface area contributed by atoms with Crippen LogP contribution in [0.5, 0.6) is 0 Å². The van der Waals surface area contributed by atoms with Gasteiger partial charge in [0.1, 0.15) is 6.04 Å². The van der Waals surface area contributed by atoms with Crippen LogP contribution in [0.15, 0.2) is 16.5 Å². The van der Waals surface area contributed by atoms with Gasteiger partial charge in [0.25, 0.3) is 5.91 Å². The minimum absolute atomic E-state index is 0.00880. The third kappa shape index (κ3) is 3.49. The molecule has 1 atom stereocenters. The number of carboxylic acids is 1. The third-order valence-electron chi connectivity index (χ3n) is 2.19. The van der Waals surface area contributed by atoms with Crippen LogP contribution in [0, 0.1) is 5.41 Å². The van der Waals surface area contributed by atoms with E-state index in [1.54, 1.807) is 20.8 Å². The number of carbonyl (C=O) groups is 2. The fourth-order valence-electron chi connectivity index (χ4n) is 1.29. The SMILES string of the molecule is CC(C)(C)[C@@H](NC(=O)c1ccc(Cl)o1)C(=O)O. The van der Waals surface area contributed by atoms with Crippen LogP contribution in [0.25, 0.3) is 0 Å². The Labute approximate surface area is 104 Å². The summed E-state index contributed by atoms with van der Waals surface area (Å²) in [7, 11) is 0. The minimum Gasteiger partial charge on any atom is -0.480 e. The lowest BCUT2D eigenvalue weighted by atomic mass is 9.87. The van der Waals surface area contributed by atoms with Crippen molar-refractivity contribution in [2.45, 2.75) is 26.8 Å². The molecule has 0 aliphatic carbocycles. The van der Waals surface area contributed by atoms with Gasteiger partial charge >= 0.3 is 5.97 Å². The number of amides is 1. The minimum atomic E-state index is -1.09. The molecule has 0 aliphatic rings. The highest BCUT2D eigenvalue weighted by Gasteiger charge is 2.33. The highest BCUT2D eigenvalue weighted by atomic mass is 35.5. The van der Waals surface area contributed by atoms with Crippen molar-refractivity contribution in [2.75, 3.05) is 0 Å². The summed E-state index contributed by atoms with van der Waals surface area (Å²) in [4.78, 5) is 22.7. The van der Waals surface area contributed by atoms with Gasteiger partial charge in [-0.3, -0.25) is 4.79 Å². The zero-order valence-corrected chi connectivity index (χ0v) is 10.5.